The number of hydrogen-bond donors (Lipinski definition) is 3. The lowest BCUT2D eigenvalue weighted by Gasteiger charge is -2.18. The Morgan fingerprint density at radius 2 is 1.65 bits per heavy atom. The first-order chi connectivity index (χ1) is 15.0. The Bertz CT molecular complexity index is 1240. The maximum Gasteiger partial charge on any atom is 0.238 e. The first-order valence-corrected chi connectivity index (χ1v) is 9.66. The van der Waals surface area contributed by atoms with Crippen molar-refractivity contribution in [1.82, 2.24) is 10.3 Å². The lowest BCUT2D eigenvalue weighted by atomic mass is 9.97. The number of fused-ring (bicyclic) bond motifs is 1. The van der Waals surface area contributed by atoms with Crippen LogP contribution in [0.4, 0.5) is 14.5 Å². The second kappa shape index (κ2) is 8.89. The van der Waals surface area contributed by atoms with E-state index < -0.39 is 23.6 Å². The molecule has 31 heavy (non-hydrogen) atoms. The summed E-state index contributed by atoms with van der Waals surface area (Å²) in [6, 6.07) is 18.9. The number of amides is 1. The van der Waals surface area contributed by atoms with Gasteiger partial charge in [-0.3, -0.25) is 14.9 Å². The number of benzene rings is 3. The molecule has 0 bridgehead atoms. The van der Waals surface area contributed by atoms with Gasteiger partial charge < -0.3 is 10.3 Å². The smallest absolute Gasteiger partial charge is 0.238 e. The van der Waals surface area contributed by atoms with Crippen LogP contribution in [0.1, 0.15) is 22.0 Å². The van der Waals surface area contributed by atoms with Crippen LogP contribution in [-0.4, -0.2) is 23.2 Å². The number of rotatable bonds is 7. The molecule has 1 atom stereocenters. The van der Waals surface area contributed by atoms with Gasteiger partial charge in [0.15, 0.2) is 17.4 Å². The van der Waals surface area contributed by atoms with Crippen LogP contribution in [0.25, 0.3) is 10.9 Å². The highest BCUT2D eigenvalue weighted by atomic mass is 19.2. The number of carbonyl (C=O) groups is 2. The molecule has 1 aromatic heterocycles. The fraction of sp³-hybridized carbons (Fsp3) is 0.0833. The number of ketones is 1. The van der Waals surface area contributed by atoms with Crippen molar-refractivity contribution in [2.24, 2.45) is 0 Å². The average molecular weight is 419 g/mol. The summed E-state index contributed by atoms with van der Waals surface area (Å²) in [7, 11) is 0. The molecule has 0 aliphatic carbocycles. The molecule has 1 heterocycles. The Labute approximate surface area is 177 Å². The standard InChI is InChI=1S/C24H19F2N3O2/c25-19-11-10-16(12-20(19)26)29-22(30)14-28-23(15-6-2-1-3-7-15)24(31)18-13-27-21-9-5-4-8-17(18)21/h1-13,23,27-28H,14H2,(H,29,30)/t23-/m1/s1. The summed E-state index contributed by atoms with van der Waals surface area (Å²) >= 11 is 0. The van der Waals surface area contributed by atoms with Crippen molar-refractivity contribution in [1.29, 1.82) is 0 Å². The zero-order valence-electron chi connectivity index (χ0n) is 16.4. The summed E-state index contributed by atoms with van der Waals surface area (Å²) in [4.78, 5) is 28.8. The van der Waals surface area contributed by atoms with E-state index in [1.165, 1.54) is 6.07 Å². The van der Waals surface area contributed by atoms with Gasteiger partial charge in [0.25, 0.3) is 0 Å². The summed E-state index contributed by atoms with van der Waals surface area (Å²) in [6.07, 6.45) is 1.66. The lowest BCUT2D eigenvalue weighted by Crippen LogP contribution is -2.35. The Kier molecular flexibility index (Phi) is 5.86. The predicted molar refractivity (Wildman–Crippen MR) is 115 cm³/mol. The molecule has 5 nitrogen and oxygen atoms in total. The molecular formula is C24H19F2N3O2. The van der Waals surface area contributed by atoms with Gasteiger partial charge in [-0.1, -0.05) is 48.5 Å². The van der Waals surface area contributed by atoms with Crippen LogP contribution in [0.3, 0.4) is 0 Å². The Morgan fingerprint density at radius 3 is 2.42 bits per heavy atom. The van der Waals surface area contributed by atoms with Crippen molar-refractivity contribution in [2.75, 3.05) is 11.9 Å². The van der Waals surface area contributed by atoms with Gasteiger partial charge in [-0.25, -0.2) is 8.78 Å². The molecule has 3 N–H and O–H groups in total. The second-order valence-corrected chi connectivity index (χ2v) is 7.01. The number of aromatic nitrogens is 1. The quantitative estimate of drug-likeness (QED) is 0.384. The highest BCUT2D eigenvalue weighted by molar-refractivity contribution is 6.10. The lowest BCUT2D eigenvalue weighted by molar-refractivity contribution is -0.115. The molecule has 0 spiro atoms. The molecule has 156 valence electrons. The molecule has 0 aliphatic rings. The number of hydrogen-bond acceptors (Lipinski definition) is 3. The Balaban J connectivity index is 1.54. The molecule has 1 amide bonds. The van der Waals surface area contributed by atoms with Crippen molar-refractivity contribution < 1.29 is 18.4 Å². The van der Waals surface area contributed by atoms with E-state index in [2.05, 4.69) is 15.6 Å². The van der Waals surface area contributed by atoms with Crippen molar-refractivity contribution in [2.45, 2.75) is 6.04 Å². The molecule has 0 aliphatic heterocycles. The third kappa shape index (κ3) is 4.51. The number of nitrogens with one attached hydrogen (secondary N) is 3. The molecule has 0 saturated carbocycles. The summed E-state index contributed by atoms with van der Waals surface area (Å²) in [6.45, 7) is -0.202. The third-order valence-electron chi connectivity index (χ3n) is 4.92. The van der Waals surface area contributed by atoms with Crippen molar-refractivity contribution >= 4 is 28.3 Å². The maximum absolute atomic E-state index is 13.4. The van der Waals surface area contributed by atoms with E-state index in [1.807, 2.05) is 42.5 Å². The predicted octanol–water partition coefficient (Wildman–Crippen LogP) is 4.60. The number of anilines is 1. The summed E-state index contributed by atoms with van der Waals surface area (Å²) in [5, 5.41) is 6.28. The normalized spacial score (nSPS) is 11.9. The number of para-hydroxylation sites is 1. The van der Waals surface area contributed by atoms with Gasteiger partial charge >= 0.3 is 0 Å². The molecule has 3 aromatic carbocycles. The molecule has 7 heteroatoms. The zero-order valence-corrected chi connectivity index (χ0v) is 16.4. The van der Waals surface area contributed by atoms with Crippen LogP contribution in [0.5, 0.6) is 0 Å². The van der Waals surface area contributed by atoms with Crippen LogP contribution in [0, 0.1) is 11.6 Å². The second-order valence-electron chi connectivity index (χ2n) is 7.01. The Hall–Kier alpha value is -3.84. The van der Waals surface area contributed by atoms with E-state index in [-0.39, 0.29) is 18.0 Å². The monoisotopic (exact) mass is 419 g/mol. The minimum atomic E-state index is -1.05. The molecule has 0 fully saturated rings. The number of H-pyrrole nitrogens is 1. The largest absolute Gasteiger partial charge is 0.360 e. The molecule has 0 radical (unpaired) electrons. The Morgan fingerprint density at radius 1 is 0.903 bits per heavy atom. The fourth-order valence-electron chi connectivity index (χ4n) is 3.41. The van der Waals surface area contributed by atoms with Gasteiger partial charge in [-0.05, 0) is 23.8 Å². The molecule has 4 aromatic rings. The van der Waals surface area contributed by atoms with Crippen LogP contribution in [0.15, 0.2) is 79.0 Å². The van der Waals surface area contributed by atoms with Crippen molar-refractivity contribution in [3.05, 3.63) is 102 Å². The van der Waals surface area contributed by atoms with E-state index in [0.29, 0.717) is 11.1 Å². The molecule has 0 saturated heterocycles. The van der Waals surface area contributed by atoms with Gasteiger partial charge in [0, 0.05) is 34.4 Å². The number of Topliss-reactive ketones (excluding diaryl/α,β-unsaturated/α-hetero) is 1. The van der Waals surface area contributed by atoms with E-state index in [0.717, 1.165) is 23.0 Å². The van der Waals surface area contributed by atoms with E-state index in [1.54, 1.807) is 18.3 Å². The zero-order chi connectivity index (χ0) is 21.8. The number of carbonyl (C=O) groups excluding carboxylic acids is 2. The minimum Gasteiger partial charge on any atom is -0.360 e. The topological polar surface area (TPSA) is 74.0 Å². The summed E-state index contributed by atoms with van der Waals surface area (Å²) in [5.41, 5.74) is 2.19. The number of aromatic amines is 1. The minimum absolute atomic E-state index is 0.130. The van der Waals surface area contributed by atoms with Gasteiger partial charge in [0.05, 0.1) is 12.6 Å². The van der Waals surface area contributed by atoms with Gasteiger partial charge in [-0.15, -0.1) is 0 Å². The molecule has 0 unspecified atom stereocenters. The van der Waals surface area contributed by atoms with E-state index in [9.17, 15) is 18.4 Å². The van der Waals surface area contributed by atoms with E-state index >= 15 is 0 Å². The fourth-order valence-corrected chi connectivity index (χ4v) is 3.41. The van der Waals surface area contributed by atoms with Crippen molar-refractivity contribution in [3.63, 3.8) is 0 Å². The number of halogens is 2. The first kappa shape index (κ1) is 20.4. The first-order valence-electron chi connectivity index (χ1n) is 9.66. The van der Waals surface area contributed by atoms with Gasteiger partial charge in [0.2, 0.25) is 5.91 Å². The highest BCUT2D eigenvalue weighted by Gasteiger charge is 2.24. The van der Waals surface area contributed by atoms with Gasteiger partial charge in [0.1, 0.15) is 0 Å². The van der Waals surface area contributed by atoms with Crippen molar-refractivity contribution in [3.8, 4) is 0 Å². The van der Waals surface area contributed by atoms with Crippen LogP contribution in [-0.2, 0) is 4.79 Å². The molecular weight excluding hydrogens is 400 g/mol. The van der Waals surface area contributed by atoms with Crippen LogP contribution >= 0.6 is 0 Å². The van der Waals surface area contributed by atoms with Crippen LogP contribution < -0.4 is 10.6 Å². The maximum atomic E-state index is 13.4. The molecule has 4 rings (SSSR count). The average Bonchev–Trinajstić information content (AvgIpc) is 3.21. The highest BCUT2D eigenvalue weighted by Crippen LogP contribution is 2.24. The SMILES string of the molecule is O=C(CN[C@@H](C(=O)c1c[nH]c2ccccc12)c1ccccc1)Nc1ccc(F)c(F)c1. The third-order valence-corrected chi connectivity index (χ3v) is 4.92. The van der Waals surface area contributed by atoms with E-state index in [4.69, 9.17) is 0 Å². The van der Waals surface area contributed by atoms with Gasteiger partial charge in [-0.2, -0.15) is 0 Å². The summed E-state index contributed by atoms with van der Waals surface area (Å²) in [5.74, 6) is -2.73. The summed E-state index contributed by atoms with van der Waals surface area (Å²) < 4.78 is 26.4. The van der Waals surface area contributed by atoms with Crippen LogP contribution in [0.2, 0.25) is 0 Å².